The molecule has 2 N–H and O–H groups in total. The van der Waals surface area contributed by atoms with Crippen LogP contribution < -0.4 is 10.7 Å². The van der Waals surface area contributed by atoms with Gasteiger partial charge in [0.05, 0.1) is 12.2 Å². The van der Waals surface area contributed by atoms with Crippen molar-refractivity contribution in [1.82, 2.24) is 10.7 Å². The molecule has 0 unspecified atom stereocenters. The zero-order valence-corrected chi connectivity index (χ0v) is 9.09. The molecule has 0 aliphatic carbocycles. The van der Waals surface area contributed by atoms with Crippen LogP contribution in [0.5, 0.6) is 0 Å². The quantitative estimate of drug-likeness (QED) is 0.523. The Morgan fingerprint density at radius 2 is 2.50 bits per heavy atom. The van der Waals surface area contributed by atoms with Crippen LogP contribution in [0.4, 0.5) is 0 Å². The van der Waals surface area contributed by atoms with Crippen LogP contribution in [0, 0.1) is 0 Å². The topological polar surface area (TPSA) is 48.8 Å². The van der Waals surface area contributed by atoms with E-state index in [2.05, 4.69) is 34.7 Å². The van der Waals surface area contributed by atoms with Gasteiger partial charge in [0.2, 0.25) is 0 Å². The predicted octanol–water partition coefficient (Wildman–Crippen LogP) is 1.27. The lowest BCUT2D eigenvalue weighted by Crippen LogP contribution is -2.27. The van der Waals surface area contributed by atoms with Crippen LogP contribution >= 0.6 is 0 Å². The summed E-state index contributed by atoms with van der Waals surface area (Å²) >= 11 is 0. The van der Waals surface area contributed by atoms with E-state index in [-0.39, 0.29) is 0 Å². The van der Waals surface area contributed by atoms with E-state index in [0.717, 1.165) is 31.0 Å². The molecule has 1 heterocycles. The van der Waals surface area contributed by atoms with Gasteiger partial charge in [-0.2, -0.15) is 5.10 Å². The highest BCUT2D eigenvalue weighted by Crippen LogP contribution is 2.08. The molecular formula is C10H18N4. The van der Waals surface area contributed by atoms with Crippen molar-refractivity contribution in [3.8, 4) is 0 Å². The Morgan fingerprint density at radius 3 is 3.00 bits per heavy atom. The molecule has 0 aromatic heterocycles. The molecule has 0 bridgehead atoms. The fourth-order valence-corrected chi connectivity index (χ4v) is 1.22. The molecule has 0 saturated carbocycles. The first kappa shape index (κ1) is 10.8. The van der Waals surface area contributed by atoms with Crippen molar-refractivity contribution in [2.24, 2.45) is 10.1 Å². The van der Waals surface area contributed by atoms with Crippen LogP contribution in [0.2, 0.25) is 0 Å². The Morgan fingerprint density at radius 1 is 1.71 bits per heavy atom. The summed E-state index contributed by atoms with van der Waals surface area (Å²) in [5, 5.41) is 7.27. The average molecular weight is 194 g/mol. The summed E-state index contributed by atoms with van der Waals surface area (Å²) in [5.41, 5.74) is 5.30. The zero-order chi connectivity index (χ0) is 10.4. The van der Waals surface area contributed by atoms with E-state index >= 15 is 0 Å². The van der Waals surface area contributed by atoms with Crippen molar-refractivity contribution in [1.29, 1.82) is 0 Å². The number of hydrogen-bond donors (Lipinski definition) is 2. The maximum Gasteiger partial charge on any atom is 0.146 e. The summed E-state index contributed by atoms with van der Waals surface area (Å²) in [7, 11) is 0. The average Bonchev–Trinajstić information content (AvgIpc) is 2.71. The highest BCUT2D eigenvalue weighted by molar-refractivity contribution is 5.99. The largest absolute Gasteiger partial charge is 0.367 e. The monoisotopic (exact) mass is 194 g/mol. The van der Waals surface area contributed by atoms with Gasteiger partial charge in [-0.15, -0.1) is 0 Å². The fourth-order valence-electron chi connectivity index (χ4n) is 1.22. The minimum Gasteiger partial charge on any atom is -0.367 e. The van der Waals surface area contributed by atoms with Gasteiger partial charge in [-0.3, -0.25) is 10.4 Å². The second-order valence-electron chi connectivity index (χ2n) is 3.17. The summed E-state index contributed by atoms with van der Waals surface area (Å²) in [6, 6.07) is 0. The summed E-state index contributed by atoms with van der Waals surface area (Å²) in [5.74, 6) is 0.940. The normalized spacial score (nSPS) is 17.8. The Kier molecular flexibility index (Phi) is 4.16. The Bertz CT molecular complexity index is 276. The highest BCUT2D eigenvalue weighted by atomic mass is 15.3. The van der Waals surface area contributed by atoms with Crippen LogP contribution in [0.15, 0.2) is 21.4 Å². The number of rotatable bonds is 4. The van der Waals surface area contributed by atoms with Gasteiger partial charge in [-0.05, 0) is 25.8 Å². The molecule has 4 nitrogen and oxygen atoms in total. The molecule has 1 aliphatic rings. The number of aliphatic imine (C=N–C) groups is 1. The number of hydrogen-bond acceptors (Lipinski definition) is 4. The molecule has 4 heteroatoms. The predicted molar refractivity (Wildman–Crippen MR) is 60.6 cm³/mol. The molecular weight excluding hydrogens is 176 g/mol. The molecule has 0 amide bonds. The van der Waals surface area contributed by atoms with Gasteiger partial charge in [0, 0.05) is 12.8 Å². The lowest BCUT2D eigenvalue weighted by Gasteiger charge is -2.10. The minimum absolute atomic E-state index is 0.855. The van der Waals surface area contributed by atoms with Gasteiger partial charge in [0.15, 0.2) is 0 Å². The molecule has 78 valence electrons. The number of amidine groups is 1. The van der Waals surface area contributed by atoms with Crippen LogP contribution in [0.25, 0.3) is 0 Å². The van der Waals surface area contributed by atoms with Crippen molar-refractivity contribution in [3.05, 3.63) is 11.3 Å². The molecule has 0 radical (unpaired) electrons. The molecule has 0 spiro atoms. The van der Waals surface area contributed by atoms with E-state index in [1.165, 1.54) is 5.57 Å². The van der Waals surface area contributed by atoms with Crippen molar-refractivity contribution >= 4 is 12.1 Å². The lowest BCUT2D eigenvalue weighted by atomic mass is 10.2. The molecule has 1 rings (SSSR count). The number of hydrazone groups is 1. The maximum atomic E-state index is 4.37. The number of allylic oxidation sites excluding steroid dienone is 1. The second kappa shape index (κ2) is 5.42. The van der Waals surface area contributed by atoms with Gasteiger partial charge >= 0.3 is 0 Å². The molecule has 14 heavy (non-hydrogen) atoms. The summed E-state index contributed by atoms with van der Waals surface area (Å²) in [4.78, 5) is 4.37. The third-order valence-corrected chi connectivity index (χ3v) is 2.17. The minimum atomic E-state index is 0.855. The van der Waals surface area contributed by atoms with E-state index in [9.17, 15) is 0 Å². The number of nitrogens with one attached hydrogen (secondary N) is 2. The molecule has 1 aliphatic heterocycles. The van der Waals surface area contributed by atoms with Crippen molar-refractivity contribution in [2.45, 2.75) is 27.2 Å². The van der Waals surface area contributed by atoms with Crippen molar-refractivity contribution < 1.29 is 0 Å². The maximum absolute atomic E-state index is 4.37. The molecule has 0 atom stereocenters. The Hall–Kier alpha value is -1.32. The molecule has 0 saturated heterocycles. The standard InChI is InChI=1S/C10H18N4/c1-4-8(3)9(14-13-5-2)10-11-6-7-12-10/h5,14H,4,6-7H2,1-3H3,(H,11,12)/b9-8+,13-5-. The van der Waals surface area contributed by atoms with Gasteiger partial charge in [0.1, 0.15) is 5.84 Å². The Balaban J connectivity index is 2.81. The van der Waals surface area contributed by atoms with E-state index in [4.69, 9.17) is 0 Å². The first-order chi connectivity index (χ1) is 6.79. The number of nitrogens with zero attached hydrogens (tertiary/aromatic N) is 2. The lowest BCUT2D eigenvalue weighted by molar-refractivity contribution is 0.880. The van der Waals surface area contributed by atoms with E-state index < -0.39 is 0 Å². The van der Waals surface area contributed by atoms with Gasteiger partial charge in [-0.25, -0.2) is 0 Å². The highest BCUT2D eigenvalue weighted by Gasteiger charge is 2.12. The van der Waals surface area contributed by atoms with Crippen molar-refractivity contribution in [2.75, 3.05) is 13.1 Å². The van der Waals surface area contributed by atoms with E-state index in [0.29, 0.717) is 0 Å². The van der Waals surface area contributed by atoms with Gasteiger partial charge < -0.3 is 5.32 Å². The van der Waals surface area contributed by atoms with Crippen LogP contribution in [0.3, 0.4) is 0 Å². The van der Waals surface area contributed by atoms with Crippen LogP contribution in [-0.2, 0) is 0 Å². The zero-order valence-electron chi connectivity index (χ0n) is 9.09. The van der Waals surface area contributed by atoms with Gasteiger partial charge in [-0.1, -0.05) is 6.92 Å². The second-order valence-corrected chi connectivity index (χ2v) is 3.17. The SMILES string of the molecule is C/C=N\N/C(C1=NCCN1)=C(\C)CC. The van der Waals surface area contributed by atoms with E-state index in [1.807, 2.05) is 6.92 Å². The molecule has 0 aromatic rings. The van der Waals surface area contributed by atoms with Crippen molar-refractivity contribution in [3.63, 3.8) is 0 Å². The summed E-state index contributed by atoms with van der Waals surface area (Å²) < 4.78 is 0. The van der Waals surface area contributed by atoms with E-state index in [1.54, 1.807) is 6.21 Å². The smallest absolute Gasteiger partial charge is 0.146 e. The van der Waals surface area contributed by atoms with Gasteiger partial charge in [0.25, 0.3) is 0 Å². The first-order valence-electron chi connectivity index (χ1n) is 5.01. The fraction of sp³-hybridized carbons (Fsp3) is 0.600. The van der Waals surface area contributed by atoms with Crippen LogP contribution in [-0.4, -0.2) is 25.1 Å². The molecule has 0 fully saturated rings. The molecule has 0 aromatic carbocycles. The third-order valence-electron chi connectivity index (χ3n) is 2.17. The third kappa shape index (κ3) is 2.58. The Labute approximate surface area is 85.2 Å². The first-order valence-corrected chi connectivity index (χ1v) is 5.01. The summed E-state index contributed by atoms with van der Waals surface area (Å²) in [6.07, 6.45) is 2.74. The summed E-state index contributed by atoms with van der Waals surface area (Å²) in [6.45, 7) is 7.88. The van der Waals surface area contributed by atoms with Crippen LogP contribution in [0.1, 0.15) is 27.2 Å².